The summed E-state index contributed by atoms with van der Waals surface area (Å²) < 4.78 is 32.7. The quantitative estimate of drug-likeness (QED) is 0.111. The van der Waals surface area contributed by atoms with Crippen molar-refractivity contribution < 1.29 is 38.0 Å². The molecule has 164 valence electrons. The summed E-state index contributed by atoms with van der Waals surface area (Å²) in [5, 5.41) is 12.5. The summed E-state index contributed by atoms with van der Waals surface area (Å²) in [4.78, 5) is 42.1. The van der Waals surface area contributed by atoms with Gasteiger partial charge >= 0.3 is 25.1 Å². The van der Waals surface area contributed by atoms with Crippen molar-refractivity contribution in [1.82, 2.24) is 0 Å². The first-order valence-corrected chi connectivity index (χ1v) is 11.0. The van der Waals surface area contributed by atoms with Crippen molar-refractivity contribution in [3.05, 3.63) is 56.3 Å². The molecule has 12 nitrogen and oxygen atoms in total. The van der Waals surface area contributed by atoms with E-state index in [1.807, 2.05) is 0 Å². The van der Waals surface area contributed by atoms with E-state index in [2.05, 4.69) is 10.2 Å². The molecule has 2 aromatic carbocycles. The fourth-order valence-corrected chi connectivity index (χ4v) is 5.26. The number of nitrogens with one attached hydrogen (secondary N) is 1. The van der Waals surface area contributed by atoms with E-state index in [0.717, 1.165) is 0 Å². The van der Waals surface area contributed by atoms with Gasteiger partial charge in [0.1, 0.15) is 11.4 Å². The number of fused-ring (bicyclic) bond motifs is 2. The number of hydrogen-bond donors (Lipinski definition) is 2. The summed E-state index contributed by atoms with van der Waals surface area (Å²) in [6.07, 6.45) is 0.656. The Hall–Kier alpha value is -2.60. The molecule has 3 aliphatic heterocycles. The Morgan fingerprint density at radius 2 is 1.97 bits per heavy atom. The molecule has 2 aromatic rings. The van der Waals surface area contributed by atoms with Gasteiger partial charge in [-0.1, -0.05) is 18.2 Å². The van der Waals surface area contributed by atoms with Crippen molar-refractivity contribution in [3.8, 4) is 0 Å². The molecule has 3 aliphatic rings. The Morgan fingerprint density at radius 1 is 1.26 bits per heavy atom. The zero-order valence-corrected chi connectivity index (χ0v) is 16.8. The Balaban J connectivity index is 1.33. The summed E-state index contributed by atoms with van der Waals surface area (Å²) in [5.74, 6) is -3.57. The van der Waals surface area contributed by atoms with Crippen molar-refractivity contribution >= 4 is 24.9 Å². The molecule has 2 saturated heterocycles. The van der Waals surface area contributed by atoms with E-state index in [1.54, 1.807) is 23.1 Å². The van der Waals surface area contributed by atoms with E-state index in [1.165, 1.54) is 12.1 Å². The molecule has 1 unspecified atom stereocenters. The molecule has 31 heavy (non-hydrogen) atoms. The van der Waals surface area contributed by atoms with Crippen LogP contribution in [0.2, 0.25) is 0 Å². The molecule has 0 amide bonds. The van der Waals surface area contributed by atoms with Crippen LogP contribution in [0.5, 0.6) is 0 Å². The van der Waals surface area contributed by atoms with E-state index >= 15 is 0 Å². The molecule has 0 aliphatic carbocycles. The second-order valence-corrected chi connectivity index (χ2v) is 9.11. The lowest BCUT2D eigenvalue weighted by Gasteiger charge is -2.30. The second-order valence-electron chi connectivity index (χ2n) is 7.16. The van der Waals surface area contributed by atoms with Gasteiger partial charge < -0.3 is 19.7 Å². The van der Waals surface area contributed by atoms with E-state index in [0.29, 0.717) is 19.5 Å². The first-order chi connectivity index (χ1) is 14.9. The van der Waals surface area contributed by atoms with Gasteiger partial charge in [0.25, 0.3) is 10.9 Å². The average molecular weight is 452 g/mol. The van der Waals surface area contributed by atoms with Crippen molar-refractivity contribution in [3.63, 3.8) is 0 Å². The predicted octanol–water partition coefficient (Wildman–Crippen LogP) is 0.829. The molecule has 0 radical (unpaired) electrons. The maximum absolute atomic E-state index is 12.5. The van der Waals surface area contributed by atoms with Gasteiger partial charge in [-0.05, 0) is 18.6 Å². The lowest BCUT2D eigenvalue weighted by Crippen LogP contribution is -2.51. The largest absolute Gasteiger partial charge is 0.427 e. The number of hydrogen-bond acceptors (Lipinski definition) is 12. The second kappa shape index (κ2) is 6.95. The van der Waals surface area contributed by atoms with Crippen molar-refractivity contribution in [2.24, 2.45) is 0 Å². The number of carbonyl (C=O) groups excluding carboxylic acids is 1. The molecular formula is C18H17N2O10P. The Kier molecular flexibility index (Phi) is 4.56. The number of carbonyl (C=O) groups is 1. The highest BCUT2D eigenvalue weighted by Gasteiger charge is 3.03. The lowest BCUT2D eigenvalue weighted by atomic mass is 10.1. The average Bonchev–Trinajstić information content (AvgIpc) is 3.61. The molecule has 5 rings (SSSR count). The molecule has 2 fully saturated rings. The monoisotopic (exact) mass is 452 g/mol. The fourth-order valence-electron chi connectivity index (χ4n) is 3.57. The maximum atomic E-state index is 12.5. The minimum absolute atomic E-state index is 0.0773. The molecule has 1 atom stereocenters. The van der Waals surface area contributed by atoms with E-state index in [9.17, 15) is 24.2 Å². The Labute approximate surface area is 174 Å². The first-order valence-electron chi connectivity index (χ1n) is 9.45. The van der Waals surface area contributed by atoms with Gasteiger partial charge in [-0.15, -0.1) is 0 Å². The SMILES string of the molecule is O=C(OC(OO)(OCCN1CCCNc2c1c(=O)c2=O)C12OP1(=O)O2)c1ccccc1. The van der Waals surface area contributed by atoms with Crippen LogP contribution in [-0.4, -0.2) is 49.0 Å². The minimum Gasteiger partial charge on any atom is -0.397 e. The maximum Gasteiger partial charge on any atom is 0.427 e. The van der Waals surface area contributed by atoms with Gasteiger partial charge in [0.05, 0.1) is 12.2 Å². The van der Waals surface area contributed by atoms with Gasteiger partial charge in [0.15, 0.2) is 0 Å². The van der Waals surface area contributed by atoms with Crippen LogP contribution in [-0.2, 0) is 28.0 Å². The first kappa shape index (κ1) is 20.3. The Morgan fingerprint density at radius 3 is 2.61 bits per heavy atom. The van der Waals surface area contributed by atoms with Crippen LogP contribution >= 0.6 is 7.60 Å². The smallest absolute Gasteiger partial charge is 0.397 e. The highest BCUT2D eigenvalue weighted by molar-refractivity contribution is 7.68. The summed E-state index contributed by atoms with van der Waals surface area (Å²) in [6.45, 7) is 0.812. The number of benzene rings is 1. The molecular weight excluding hydrogens is 435 g/mol. The summed E-state index contributed by atoms with van der Waals surface area (Å²) >= 11 is 0. The summed E-state index contributed by atoms with van der Waals surface area (Å²) in [7, 11) is -3.57. The van der Waals surface area contributed by atoms with Gasteiger partial charge in [0.2, 0.25) is 0 Å². The molecule has 13 heteroatoms. The van der Waals surface area contributed by atoms with Gasteiger partial charge in [0, 0.05) is 19.6 Å². The number of esters is 1. The minimum atomic E-state index is -3.57. The van der Waals surface area contributed by atoms with Crippen LogP contribution in [0.1, 0.15) is 16.8 Å². The number of rotatable bonds is 8. The van der Waals surface area contributed by atoms with Crippen LogP contribution in [0.15, 0.2) is 39.9 Å². The van der Waals surface area contributed by atoms with E-state index < -0.39 is 35.9 Å². The standard InChI is InChI=1S/C18H17N2O10P/c21-14-12-13(15(14)22)20(8-4-7-19-12)9-10-26-17(28-24,18-29-31(18,25)30-18)27-16(23)11-5-2-1-3-6-11/h1-3,5-6,19,24H,4,7-10H2. The third-order valence-electron chi connectivity index (χ3n) is 5.29. The third kappa shape index (κ3) is 2.95. The Bertz CT molecular complexity index is 1150. The summed E-state index contributed by atoms with van der Waals surface area (Å²) in [6, 6.07) is 7.80. The van der Waals surface area contributed by atoms with Crippen molar-refractivity contribution in [2.75, 3.05) is 36.5 Å². The highest BCUT2D eigenvalue weighted by atomic mass is 31.2. The van der Waals surface area contributed by atoms with Gasteiger partial charge in [-0.2, -0.15) is 4.89 Å². The van der Waals surface area contributed by atoms with Crippen LogP contribution in [0.25, 0.3) is 0 Å². The predicted molar refractivity (Wildman–Crippen MR) is 103 cm³/mol. The topological polar surface area (TPSA) is 157 Å². The summed E-state index contributed by atoms with van der Waals surface area (Å²) in [5.41, 5.74) is -2.61. The lowest BCUT2D eigenvalue weighted by molar-refractivity contribution is -0.504. The zero-order valence-electron chi connectivity index (χ0n) is 15.9. The fraction of sp³-hybridized carbons (Fsp3) is 0.389. The van der Waals surface area contributed by atoms with Crippen LogP contribution in [0.4, 0.5) is 11.4 Å². The molecule has 3 heterocycles. The molecule has 0 spiro atoms. The molecule has 2 N–H and O–H groups in total. The zero-order chi connectivity index (χ0) is 21.9. The van der Waals surface area contributed by atoms with Crippen LogP contribution < -0.4 is 21.1 Å². The van der Waals surface area contributed by atoms with Crippen molar-refractivity contribution in [1.29, 1.82) is 0 Å². The van der Waals surface area contributed by atoms with E-state index in [-0.39, 0.29) is 30.1 Å². The normalized spacial score (nSPS) is 28.0. The highest BCUT2D eigenvalue weighted by Crippen LogP contribution is 3.00. The van der Waals surface area contributed by atoms with E-state index in [4.69, 9.17) is 18.5 Å². The van der Waals surface area contributed by atoms with Crippen molar-refractivity contribution in [2.45, 2.75) is 17.9 Å². The number of nitrogens with zero attached hydrogens (tertiary/aromatic N) is 1. The van der Waals surface area contributed by atoms with Gasteiger partial charge in [-0.25, -0.2) is 10.1 Å². The molecule has 0 aromatic heterocycles. The third-order valence-corrected chi connectivity index (χ3v) is 7.13. The van der Waals surface area contributed by atoms with Crippen LogP contribution in [0, 0.1) is 0 Å². The van der Waals surface area contributed by atoms with Gasteiger partial charge in [-0.3, -0.25) is 23.2 Å². The molecule has 0 bridgehead atoms. The van der Waals surface area contributed by atoms with Crippen LogP contribution in [0.3, 0.4) is 0 Å². The number of ether oxygens (including phenoxy) is 2. The number of anilines is 2. The molecule has 0 saturated carbocycles.